The molecular weight excluding hydrogens is 316 g/mol. The van der Waals surface area contributed by atoms with E-state index in [1.165, 1.54) is 10.9 Å². The molecule has 0 amide bonds. The SMILES string of the molecule is CCNc1nc(C)c([N+](=O)[O-])c(-n2cc(Br)cn2)n1. The van der Waals surface area contributed by atoms with Gasteiger partial charge in [-0.3, -0.25) is 10.1 Å². The predicted molar refractivity (Wildman–Crippen MR) is 72.4 cm³/mol. The van der Waals surface area contributed by atoms with Gasteiger partial charge >= 0.3 is 5.69 Å². The van der Waals surface area contributed by atoms with Gasteiger partial charge in [-0.15, -0.1) is 0 Å². The van der Waals surface area contributed by atoms with Crippen molar-refractivity contribution >= 4 is 27.6 Å². The maximum atomic E-state index is 11.1. The Morgan fingerprint density at radius 2 is 2.26 bits per heavy atom. The van der Waals surface area contributed by atoms with Crippen LogP contribution in [0.2, 0.25) is 0 Å². The number of hydrogen-bond acceptors (Lipinski definition) is 6. The van der Waals surface area contributed by atoms with E-state index in [0.29, 0.717) is 17.0 Å². The molecule has 0 saturated heterocycles. The van der Waals surface area contributed by atoms with E-state index in [2.05, 4.69) is 36.3 Å². The molecule has 0 aliphatic carbocycles. The average molecular weight is 327 g/mol. The lowest BCUT2D eigenvalue weighted by molar-refractivity contribution is -0.385. The summed E-state index contributed by atoms with van der Waals surface area (Å²) < 4.78 is 2.06. The van der Waals surface area contributed by atoms with E-state index < -0.39 is 4.92 Å². The van der Waals surface area contributed by atoms with Gasteiger partial charge in [0.1, 0.15) is 5.69 Å². The molecule has 0 spiro atoms. The zero-order valence-electron chi connectivity index (χ0n) is 10.3. The second-order valence-corrected chi connectivity index (χ2v) is 4.61. The number of nitro groups is 1. The molecule has 8 nitrogen and oxygen atoms in total. The quantitative estimate of drug-likeness (QED) is 0.682. The van der Waals surface area contributed by atoms with Crippen molar-refractivity contribution in [3.8, 4) is 5.82 Å². The summed E-state index contributed by atoms with van der Waals surface area (Å²) in [6.07, 6.45) is 3.14. The lowest BCUT2D eigenvalue weighted by atomic mass is 10.3. The first kappa shape index (κ1) is 13.4. The van der Waals surface area contributed by atoms with Crippen molar-refractivity contribution in [2.75, 3.05) is 11.9 Å². The number of rotatable bonds is 4. The summed E-state index contributed by atoms with van der Waals surface area (Å²) in [4.78, 5) is 18.8. The maximum absolute atomic E-state index is 11.1. The highest BCUT2D eigenvalue weighted by Gasteiger charge is 2.24. The van der Waals surface area contributed by atoms with Gasteiger partial charge in [0.05, 0.1) is 15.6 Å². The number of nitrogens with one attached hydrogen (secondary N) is 1. The molecule has 0 aliphatic heterocycles. The minimum absolute atomic E-state index is 0.138. The van der Waals surface area contributed by atoms with Crippen LogP contribution in [0, 0.1) is 17.0 Å². The number of aryl methyl sites for hydroxylation is 1. The zero-order chi connectivity index (χ0) is 14.0. The Morgan fingerprint density at radius 1 is 1.53 bits per heavy atom. The highest BCUT2D eigenvalue weighted by atomic mass is 79.9. The number of hydrogen-bond donors (Lipinski definition) is 1. The smallest absolute Gasteiger partial charge is 0.334 e. The highest BCUT2D eigenvalue weighted by Crippen LogP contribution is 2.25. The number of halogens is 1. The highest BCUT2D eigenvalue weighted by molar-refractivity contribution is 9.10. The van der Waals surface area contributed by atoms with E-state index in [-0.39, 0.29) is 17.2 Å². The van der Waals surface area contributed by atoms with Crippen molar-refractivity contribution in [1.82, 2.24) is 19.7 Å². The Kier molecular flexibility index (Phi) is 3.74. The van der Waals surface area contributed by atoms with Crippen LogP contribution in [0.25, 0.3) is 5.82 Å². The van der Waals surface area contributed by atoms with E-state index in [9.17, 15) is 10.1 Å². The van der Waals surface area contributed by atoms with Crippen LogP contribution < -0.4 is 5.32 Å². The molecular formula is C10H11BrN6O2. The van der Waals surface area contributed by atoms with Crippen LogP contribution in [0.5, 0.6) is 0 Å². The Labute approximate surface area is 117 Å². The van der Waals surface area contributed by atoms with Gasteiger partial charge in [0.15, 0.2) is 0 Å². The molecule has 19 heavy (non-hydrogen) atoms. The molecule has 0 radical (unpaired) electrons. The van der Waals surface area contributed by atoms with Crippen LogP contribution in [0.4, 0.5) is 11.6 Å². The molecule has 2 aromatic rings. The summed E-state index contributed by atoms with van der Waals surface area (Å²) in [5, 5.41) is 18.1. The minimum atomic E-state index is -0.504. The molecule has 0 unspecified atom stereocenters. The number of aromatic nitrogens is 4. The summed E-state index contributed by atoms with van der Waals surface area (Å²) in [5.74, 6) is 0.478. The van der Waals surface area contributed by atoms with Crippen molar-refractivity contribution in [3.63, 3.8) is 0 Å². The first-order valence-corrected chi connectivity index (χ1v) is 6.29. The van der Waals surface area contributed by atoms with E-state index in [4.69, 9.17) is 0 Å². The molecule has 2 aromatic heterocycles. The fourth-order valence-corrected chi connectivity index (χ4v) is 1.86. The van der Waals surface area contributed by atoms with Crippen LogP contribution >= 0.6 is 15.9 Å². The third-order valence-corrected chi connectivity index (χ3v) is 2.73. The largest absolute Gasteiger partial charge is 0.354 e. The summed E-state index contributed by atoms with van der Waals surface area (Å²) in [6, 6.07) is 0. The van der Waals surface area contributed by atoms with E-state index in [1.54, 1.807) is 13.1 Å². The third kappa shape index (κ3) is 2.70. The van der Waals surface area contributed by atoms with Crippen LogP contribution in [0.1, 0.15) is 12.6 Å². The number of anilines is 1. The Hall–Kier alpha value is -2.03. The van der Waals surface area contributed by atoms with Crippen molar-refractivity contribution in [2.24, 2.45) is 0 Å². The van der Waals surface area contributed by atoms with Crippen molar-refractivity contribution < 1.29 is 4.92 Å². The summed E-state index contributed by atoms with van der Waals surface area (Å²) in [6.45, 7) is 4.09. The number of nitrogens with zero attached hydrogens (tertiary/aromatic N) is 5. The monoisotopic (exact) mass is 326 g/mol. The molecule has 9 heteroatoms. The third-order valence-electron chi connectivity index (χ3n) is 2.33. The molecule has 100 valence electrons. The molecule has 2 rings (SSSR count). The maximum Gasteiger partial charge on any atom is 0.334 e. The first-order chi connectivity index (χ1) is 9.02. The predicted octanol–water partition coefficient (Wildman–Crippen LogP) is 2.07. The summed E-state index contributed by atoms with van der Waals surface area (Å²) in [7, 11) is 0. The Morgan fingerprint density at radius 3 is 2.79 bits per heavy atom. The van der Waals surface area contributed by atoms with Gasteiger partial charge in [0, 0.05) is 12.7 Å². The van der Waals surface area contributed by atoms with Gasteiger partial charge in [-0.25, -0.2) is 9.67 Å². The normalized spacial score (nSPS) is 10.5. The van der Waals surface area contributed by atoms with Crippen molar-refractivity contribution in [2.45, 2.75) is 13.8 Å². The molecule has 0 atom stereocenters. The fraction of sp³-hybridized carbons (Fsp3) is 0.300. The van der Waals surface area contributed by atoms with Gasteiger partial charge in [-0.2, -0.15) is 10.1 Å². The molecule has 0 aliphatic rings. The van der Waals surface area contributed by atoms with Gasteiger partial charge in [-0.1, -0.05) is 0 Å². The van der Waals surface area contributed by atoms with Gasteiger partial charge in [0.2, 0.25) is 11.8 Å². The Balaban J connectivity index is 2.64. The standard InChI is InChI=1S/C10H11BrN6O2/c1-3-12-10-14-6(2)8(17(18)19)9(15-10)16-5-7(11)4-13-16/h4-5H,3H2,1-2H3,(H,12,14,15). The van der Waals surface area contributed by atoms with E-state index in [0.717, 1.165) is 0 Å². The first-order valence-electron chi connectivity index (χ1n) is 5.50. The Bertz CT molecular complexity index is 626. The van der Waals surface area contributed by atoms with Crippen LogP contribution in [0.15, 0.2) is 16.9 Å². The fourth-order valence-electron chi connectivity index (χ4n) is 1.58. The van der Waals surface area contributed by atoms with Crippen LogP contribution in [-0.4, -0.2) is 31.2 Å². The van der Waals surface area contributed by atoms with E-state index in [1.807, 2.05) is 6.92 Å². The zero-order valence-corrected chi connectivity index (χ0v) is 11.9. The van der Waals surface area contributed by atoms with Crippen molar-refractivity contribution in [3.05, 3.63) is 32.7 Å². The second kappa shape index (κ2) is 5.31. The van der Waals surface area contributed by atoms with Crippen LogP contribution in [0.3, 0.4) is 0 Å². The summed E-state index contributed by atoms with van der Waals surface area (Å²) in [5.41, 5.74) is 0.134. The van der Waals surface area contributed by atoms with Gasteiger partial charge < -0.3 is 5.32 Å². The van der Waals surface area contributed by atoms with E-state index >= 15 is 0 Å². The molecule has 0 fully saturated rings. The molecule has 0 saturated carbocycles. The average Bonchev–Trinajstić information content (AvgIpc) is 2.75. The molecule has 0 bridgehead atoms. The molecule has 1 N–H and O–H groups in total. The second-order valence-electron chi connectivity index (χ2n) is 3.70. The molecule has 0 aromatic carbocycles. The summed E-state index contributed by atoms with van der Waals surface area (Å²) >= 11 is 3.25. The topological polar surface area (TPSA) is 98.8 Å². The van der Waals surface area contributed by atoms with Gasteiger partial charge in [0.25, 0.3) is 0 Å². The van der Waals surface area contributed by atoms with Gasteiger partial charge in [-0.05, 0) is 29.8 Å². The lowest BCUT2D eigenvalue weighted by Gasteiger charge is -2.07. The minimum Gasteiger partial charge on any atom is -0.354 e. The van der Waals surface area contributed by atoms with Crippen molar-refractivity contribution in [1.29, 1.82) is 0 Å². The lowest BCUT2D eigenvalue weighted by Crippen LogP contribution is -2.11. The molecule has 2 heterocycles. The van der Waals surface area contributed by atoms with Crippen LogP contribution in [-0.2, 0) is 0 Å².